The number of cyclic esters (lactones) is 2. The largest absolute Gasteiger partial charge is 0.473 e. The minimum Gasteiger partial charge on any atom is -0.473 e. The Morgan fingerprint density at radius 1 is 0.372 bits per heavy atom. The van der Waals surface area contributed by atoms with Gasteiger partial charge in [-0.15, -0.1) is 0 Å². The number of rotatable bonds is 29. The number of nitrogens with two attached hydrogens (primary N) is 1. The van der Waals surface area contributed by atoms with Crippen LogP contribution in [0.1, 0.15) is 19.3 Å². The molecule has 4 amide bonds. The van der Waals surface area contributed by atoms with E-state index < -0.39 is 113 Å². The number of likely N-dealkylation sites (tertiary alicyclic amines) is 1. The summed E-state index contributed by atoms with van der Waals surface area (Å²) in [4.78, 5) is 74.2. The summed E-state index contributed by atoms with van der Waals surface area (Å²) in [5.74, 6) is -2.90. The fourth-order valence-electron chi connectivity index (χ4n) is 13.3. The van der Waals surface area contributed by atoms with E-state index in [0.717, 1.165) is 24.6 Å². The van der Waals surface area contributed by atoms with Crippen LogP contribution in [-0.2, 0) is 80.0 Å². The van der Waals surface area contributed by atoms with Gasteiger partial charge in [-0.05, 0) is 233 Å². The Balaban J connectivity index is 0.000000270. The molecule has 7 aliphatic rings. The maximum Gasteiger partial charge on any atom is 0.320 e. The third kappa shape index (κ3) is 28.2. The molecule has 94 heavy (non-hydrogen) atoms. The van der Waals surface area contributed by atoms with Crippen LogP contribution in [0.4, 0.5) is 0 Å². The van der Waals surface area contributed by atoms with Gasteiger partial charge in [0.2, 0.25) is 11.8 Å². The molecule has 536 valence electrons. The van der Waals surface area contributed by atoms with Crippen molar-refractivity contribution in [2.45, 2.75) is 239 Å². The first-order valence-corrected chi connectivity index (χ1v) is 69.8. The first kappa shape index (κ1) is 84.5. The Morgan fingerprint density at radius 3 is 0.915 bits per heavy atom. The van der Waals surface area contributed by atoms with Crippen LogP contribution in [0.2, 0.25) is 195 Å². The predicted molar refractivity (Wildman–Crippen MR) is 396 cm³/mol. The summed E-state index contributed by atoms with van der Waals surface area (Å²) in [7, 11) is -24.4. The number of ether oxygens (including phenoxy) is 3. The molecule has 1 aromatic heterocycles. The summed E-state index contributed by atoms with van der Waals surface area (Å²) in [6.45, 7) is 59.9. The molecular weight excluding hydrogens is 1400 g/mol. The van der Waals surface area contributed by atoms with Crippen molar-refractivity contribution in [2.75, 3.05) is 19.6 Å². The number of amides is 4. The van der Waals surface area contributed by atoms with Crippen LogP contribution in [0.5, 0.6) is 0 Å². The molecule has 2 N–H and O–H groups in total. The van der Waals surface area contributed by atoms with Gasteiger partial charge in [0.25, 0.3) is 11.8 Å². The Labute approximate surface area is 576 Å². The van der Waals surface area contributed by atoms with E-state index in [1.165, 1.54) is 22.0 Å². The summed E-state index contributed by atoms with van der Waals surface area (Å²) in [6.07, 6.45) is 14.8. The van der Waals surface area contributed by atoms with Gasteiger partial charge in [0.05, 0.1) is 48.8 Å². The number of carbonyl (C=O) groups excluding carboxylic acids is 6. The maximum absolute atomic E-state index is 12.9. The number of nitrogens with zero attached hydrogens (tertiary/aromatic N) is 2. The molecule has 0 saturated carbocycles. The molecule has 34 heteroatoms. The van der Waals surface area contributed by atoms with E-state index in [-0.39, 0.29) is 71.7 Å². The topological polar surface area (TPSA) is 259 Å². The first-order chi connectivity index (χ1) is 42.5. The molecule has 8 rings (SSSR count). The van der Waals surface area contributed by atoms with Crippen molar-refractivity contribution in [1.29, 1.82) is 0 Å². The number of imide groups is 2. The molecule has 4 bridgehead atoms. The van der Waals surface area contributed by atoms with Crippen molar-refractivity contribution in [3.05, 3.63) is 61.1 Å². The fourth-order valence-corrected chi connectivity index (χ4v) is 67.1. The van der Waals surface area contributed by atoms with Gasteiger partial charge in [0.1, 0.15) is 11.8 Å². The van der Waals surface area contributed by atoms with E-state index in [1.807, 2.05) is 36.4 Å². The van der Waals surface area contributed by atoms with Crippen molar-refractivity contribution >= 4 is 137 Å². The standard InChI is InChI=1S/C20H39NO6Si4.C16H35NO5Si4.C12H35NO3Si4.C8H6O4.C4H4O/c1-28(2,3)25-30(7,8)27-31(9,26-29(4,5)6)14-10-13-21-19(22)17-15-11-12-16(24-15)18(17)20(21)23;1-23(2,3)20-25(7,8)22-26(9,21-24(4,5)6)14-10-13-17-15(18)11-12-16(17)19;1-17(2,3)14-19(7,8)16-20(9,12-10-11-13)15-18(4,5)6;9-7-5-3-1-2-4(11-3)6(5)8(10)12-7;1-2-4-5-3-1/h11-12,15-18H,10,13-14H2,1-9H3;11-12H,10,13-14H2,1-9H3;10-13H2,1-9H3;1-6H;1-4H/t15?,16?,17?,18?,31-;26-;20-;;/m111../s1. The maximum atomic E-state index is 12.9. The van der Waals surface area contributed by atoms with Crippen molar-refractivity contribution in [3.63, 3.8) is 0 Å². The first-order valence-electron chi connectivity index (χ1n) is 33.3. The molecule has 7 aliphatic heterocycles. The number of furan rings is 1. The predicted octanol–water partition coefficient (Wildman–Crippen LogP) is 12.4. The van der Waals surface area contributed by atoms with E-state index in [2.05, 4.69) is 186 Å². The zero-order valence-electron chi connectivity index (χ0n) is 62.0. The van der Waals surface area contributed by atoms with Crippen LogP contribution in [0.25, 0.3) is 0 Å². The number of esters is 2. The van der Waals surface area contributed by atoms with Crippen LogP contribution >= 0.6 is 0 Å². The molecule has 0 aromatic carbocycles. The molecule has 11 atom stereocenters. The van der Waals surface area contributed by atoms with Crippen molar-refractivity contribution in [2.24, 2.45) is 29.4 Å². The Morgan fingerprint density at radius 2 is 0.649 bits per heavy atom. The zero-order chi connectivity index (χ0) is 71.9. The molecule has 22 nitrogen and oxygen atoms in total. The molecule has 1 aromatic rings. The highest BCUT2D eigenvalue weighted by Gasteiger charge is 2.61. The fraction of sp³-hybridized carbons (Fsp3) is 0.733. The minimum absolute atomic E-state index is 0.0842. The average Bonchev–Trinajstić information content (AvgIpc) is 1.58. The van der Waals surface area contributed by atoms with E-state index in [4.69, 9.17) is 52.2 Å². The van der Waals surface area contributed by atoms with E-state index in [0.29, 0.717) is 32.5 Å². The average molecular weight is 1520 g/mol. The van der Waals surface area contributed by atoms with Gasteiger partial charge in [0, 0.05) is 25.2 Å². The molecule has 0 radical (unpaired) electrons. The molecule has 0 aliphatic carbocycles. The Bertz CT molecular complexity index is 2740. The highest BCUT2D eigenvalue weighted by atomic mass is 28.5. The van der Waals surface area contributed by atoms with Gasteiger partial charge in [-0.25, -0.2) is 0 Å². The number of carbonyl (C=O) groups is 6. The highest BCUT2D eigenvalue weighted by molar-refractivity contribution is 6.91. The van der Waals surface area contributed by atoms with Gasteiger partial charge in [-0.1, -0.05) is 24.3 Å². The lowest BCUT2D eigenvalue weighted by molar-refractivity contribution is -0.156. The summed E-state index contributed by atoms with van der Waals surface area (Å²) in [5.41, 5.74) is 5.67. The second kappa shape index (κ2) is 32.8. The van der Waals surface area contributed by atoms with Crippen LogP contribution in [0.3, 0.4) is 0 Å². The lowest BCUT2D eigenvalue weighted by Gasteiger charge is -2.41. The molecule has 0 spiro atoms. The van der Waals surface area contributed by atoms with Crippen LogP contribution in [0, 0.1) is 23.7 Å². The highest BCUT2D eigenvalue weighted by Crippen LogP contribution is 2.46. The van der Waals surface area contributed by atoms with Gasteiger partial charge in [-0.2, -0.15) is 0 Å². The molecule has 4 fully saturated rings. The SMILES string of the molecule is C[Si](C)(C)O[Si](C)(C)O[Si@](C)(CCCN)O[Si](C)(C)C.C[Si](C)(C)O[Si](C)(C)O[Si@](C)(CCCN1C(=O)C2C3C=CC(O3)C2C1=O)O[Si](C)(C)C.C[Si](C)(C)O[Si](C)(C)O[Si@](C)(CCCN1C(=O)C=CC1=O)O[Si](C)(C)C.O=C1OC(=O)C2C3C=CC(O3)C12.c1ccoc1. The molecular formula is C60H119N3O19Si12. The number of hydrogen-bond donors (Lipinski definition) is 1. The third-order valence-electron chi connectivity index (χ3n) is 14.4. The molecule has 4 saturated heterocycles. The van der Waals surface area contributed by atoms with E-state index in [1.54, 1.807) is 12.5 Å². The van der Waals surface area contributed by atoms with Crippen molar-refractivity contribution in [1.82, 2.24) is 9.80 Å². The van der Waals surface area contributed by atoms with E-state index >= 15 is 0 Å². The molecule has 8 heterocycles. The smallest absolute Gasteiger partial charge is 0.320 e. The van der Waals surface area contributed by atoms with Gasteiger partial charge in [-0.3, -0.25) is 38.6 Å². The Hall–Kier alpha value is -1.96. The third-order valence-corrected chi connectivity index (χ3v) is 55.1. The van der Waals surface area contributed by atoms with Gasteiger partial charge < -0.3 is 61.4 Å². The second-order valence-corrected chi connectivity index (χ2v) is 82.2. The number of hydrogen-bond acceptors (Lipinski definition) is 20. The second-order valence-electron chi connectivity index (χ2n) is 32.8. The summed E-state index contributed by atoms with van der Waals surface area (Å²) >= 11 is 0. The van der Waals surface area contributed by atoms with E-state index in [9.17, 15) is 28.8 Å². The van der Waals surface area contributed by atoms with Crippen molar-refractivity contribution in [3.8, 4) is 0 Å². The summed E-state index contributed by atoms with van der Waals surface area (Å²) < 4.78 is 78.6. The quantitative estimate of drug-likeness (QED) is 0.0257. The Kier molecular flexibility index (Phi) is 29.5. The van der Waals surface area contributed by atoms with Gasteiger partial charge in [0.15, 0.2) is 49.9 Å². The number of fused-ring (bicyclic) bond motifs is 10. The normalized spacial score (nSPS) is 25.4. The summed E-state index contributed by atoms with van der Waals surface area (Å²) in [5, 5.41) is 0. The summed E-state index contributed by atoms with van der Waals surface area (Å²) in [6, 6.07) is 6.09. The minimum atomic E-state index is -2.54. The molecule has 8 unspecified atom stereocenters. The van der Waals surface area contributed by atoms with Crippen LogP contribution in [-0.4, -0.2) is 191 Å². The van der Waals surface area contributed by atoms with Gasteiger partial charge >= 0.3 is 63.3 Å². The lowest BCUT2D eigenvalue weighted by atomic mass is 9.85. The monoisotopic (exact) mass is 1520 g/mol. The van der Waals surface area contributed by atoms with Crippen LogP contribution in [0.15, 0.2) is 65.5 Å². The van der Waals surface area contributed by atoms with Crippen LogP contribution < -0.4 is 5.73 Å². The zero-order valence-corrected chi connectivity index (χ0v) is 74.0. The van der Waals surface area contributed by atoms with Crippen molar-refractivity contribution < 1.29 is 84.4 Å². The lowest BCUT2D eigenvalue weighted by Crippen LogP contribution is -2.57.